The van der Waals surface area contributed by atoms with Crippen molar-refractivity contribution in [3.05, 3.63) is 0 Å². The Bertz CT molecular complexity index is 213. The van der Waals surface area contributed by atoms with E-state index in [1.165, 1.54) is 14.0 Å². The quantitative estimate of drug-likeness (QED) is 0.492. The Balaban J connectivity index is 3.74. The lowest BCUT2D eigenvalue weighted by Crippen LogP contribution is -2.28. The fourth-order valence-electron chi connectivity index (χ4n) is 0.798. The molecule has 2 N–H and O–H groups in total. The maximum absolute atomic E-state index is 10.7. The zero-order valence-corrected chi connectivity index (χ0v) is 8.53. The third kappa shape index (κ3) is 6.72. The van der Waals surface area contributed by atoms with Crippen molar-refractivity contribution < 1.29 is 24.0 Å². The number of hydrogen-bond acceptors (Lipinski definition) is 3. The first-order chi connectivity index (χ1) is 5.87. The Morgan fingerprint density at radius 1 is 1.54 bits per heavy atom. The molecule has 0 aromatic carbocycles. The average Bonchev–Trinajstić information content (AvgIpc) is 1.95. The highest BCUT2D eigenvalue weighted by Gasteiger charge is 2.14. The Labute approximate surface area is 76.6 Å². The van der Waals surface area contributed by atoms with Crippen molar-refractivity contribution in [3.8, 4) is 0 Å². The van der Waals surface area contributed by atoms with Gasteiger partial charge in [-0.15, -0.1) is 0 Å². The van der Waals surface area contributed by atoms with Crippen molar-refractivity contribution in [2.45, 2.75) is 13.3 Å². The lowest BCUT2D eigenvalue weighted by molar-refractivity contribution is -0.173. The maximum Gasteiger partial charge on any atom is 0.325 e. The van der Waals surface area contributed by atoms with Crippen LogP contribution in [-0.2, 0) is 14.2 Å². The fraction of sp³-hybridized carbons (Fsp3) is 0.833. The summed E-state index contributed by atoms with van der Waals surface area (Å²) in [5.74, 6) is -0.284. The number of hydroxylamine groups is 2. The molecule has 0 rings (SSSR count). The molecule has 0 aliphatic heterocycles. The molecule has 0 saturated heterocycles. The Hall–Kier alpha value is -0.420. The van der Waals surface area contributed by atoms with E-state index in [2.05, 4.69) is 4.84 Å². The molecule has 0 heterocycles. The van der Waals surface area contributed by atoms with Crippen LogP contribution in [0.5, 0.6) is 0 Å². The van der Waals surface area contributed by atoms with E-state index in [1.807, 2.05) is 0 Å². The lowest BCUT2D eigenvalue weighted by atomic mass is 10.4. The molecule has 7 heteroatoms. The molecule has 0 aliphatic carbocycles. The summed E-state index contributed by atoms with van der Waals surface area (Å²) in [6.07, 6.45) is -0.0160. The molecule has 0 radical (unpaired) electrons. The van der Waals surface area contributed by atoms with Gasteiger partial charge in [0.2, 0.25) is 5.91 Å². The number of nitrogens with zero attached hydrogens (tertiary/aromatic N) is 1. The highest BCUT2D eigenvalue weighted by Crippen LogP contribution is 2.34. The van der Waals surface area contributed by atoms with Crippen LogP contribution in [0.3, 0.4) is 0 Å². The van der Waals surface area contributed by atoms with Crippen molar-refractivity contribution in [2.24, 2.45) is 0 Å². The van der Waals surface area contributed by atoms with Crippen LogP contribution in [0.1, 0.15) is 13.3 Å². The van der Waals surface area contributed by atoms with E-state index < -0.39 is 7.60 Å². The standard InChI is InChI=1S/C6H14NO5P/c1-6(8)7(12-2)4-3-5-13(9,10)11/h3-5H2,1-2H3,(H2,9,10,11). The molecule has 0 aromatic heterocycles. The van der Waals surface area contributed by atoms with E-state index in [-0.39, 0.29) is 25.0 Å². The van der Waals surface area contributed by atoms with Gasteiger partial charge in [-0.1, -0.05) is 0 Å². The van der Waals surface area contributed by atoms with Gasteiger partial charge in [0, 0.05) is 13.5 Å². The first kappa shape index (κ1) is 12.6. The molecule has 0 unspecified atom stereocenters. The van der Waals surface area contributed by atoms with Crippen molar-refractivity contribution in [3.63, 3.8) is 0 Å². The van der Waals surface area contributed by atoms with Crippen molar-refractivity contribution in [2.75, 3.05) is 19.8 Å². The van der Waals surface area contributed by atoms with E-state index in [9.17, 15) is 9.36 Å². The van der Waals surface area contributed by atoms with Crippen LogP contribution in [0.4, 0.5) is 0 Å². The number of hydrogen-bond donors (Lipinski definition) is 2. The van der Waals surface area contributed by atoms with Gasteiger partial charge in [-0.3, -0.25) is 14.2 Å². The van der Waals surface area contributed by atoms with Gasteiger partial charge < -0.3 is 9.79 Å². The third-order valence-corrected chi connectivity index (χ3v) is 2.28. The van der Waals surface area contributed by atoms with Crippen LogP contribution >= 0.6 is 7.60 Å². The normalized spacial score (nSPS) is 11.4. The molecular formula is C6H14NO5P. The topological polar surface area (TPSA) is 87.1 Å². The molecule has 78 valence electrons. The zero-order valence-electron chi connectivity index (χ0n) is 7.63. The largest absolute Gasteiger partial charge is 0.325 e. The molecule has 0 aliphatic rings. The molecule has 0 saturated carbocycles. The predicted octanol–water partition coefficient (Wildman–Crippen LogP) is -0.0359. The molecule has 0 atom stereocenters. The monoisotopic (exact) mass is 211 g/mol. The van der Waals surface area contributed by atoms with Gasteiger partial charge in [-0.25, -0.2) is 5.06 Å². The Morgan fingerprint density at radius 2 is 2.08 bits per heavy atom. The van der Waals surface area contributed by atoms with Crippen molar-refractivity contribution >= 4 is 13.5 Å². The van der Waals surface area contributed by atoms with E-state index in [0.717, 1.165) is 5.06 Å². The van der Waals surface area contributed by atoms with Gasteiger partial charge in [0.25, 0.3) is 0 Å². The van der Waals surface area contributed by atoms with Gasteiger partial charge in [0.1, 0.15) is 0 Å². The molecule has 6 nitrogen and oxygen atoms in total. The van der Waals surface area contributed by atoms with Gasteiger partial charge in [-0.05, 0) is 6.42 Å². The molecule has 13 heavy (non-hydrogen) atoms. The summed E-state index contributed by atoms with van der Waals surface area (Å²) in [5, 5.41) is 1.05. The summed E-state index contributed by atoms with van der Waals surface area (Å²) in [5.41, 5.74) is 0. The maximum atomic E-state index is 10.7. The van der Waals surface area contributed by atoms with E-state index in [0.29, 0.717) is 0 Å². The highest BCUT2D eigenvalue weighted by molar-refractivity contribution is 7.51. The van der Waals surface area contributed by atoms with Gasteiger partial charge >= 0.3 is 7.60 Å². The average molecular weight is 211 g/mol. The second kappa shape index (κ2) is 5.34. The van der Waals surface area contributed by atoms with Crippen molar-refractivity contribution in [1.82, 2.24) is 5.06 Å². The minimum Gasteiger partial charge on any atom is -0.324 e. The van der Waals surface area contributed by atoms with Crippen LogP contribution in [0.15, 0.2) is 0 Å². The molecule has 0 fully saturated rings. The summed E-state index contributed by atoms with van der Waals surface area (Å²) in [6.45, 7) is 1.51. The van der Waals surface area contributed by atoms with Crippen LogP contribution in [0.2, 0.25) is 0 Å². The Kier molecular flexibility index (Phi) is 5.17. The zero-order chi connectivity index (χ0) is 10.5. The SMILES string of the molecule is CON(CCCP(=O)(O)O)C(C)=O. The first-order valence-corrected chi connectivity index (χ1v) is 5.53. The van der Waals surface area contributed by atoms with Crippen LogP contribution in [-0.4, -0.2) is 40.6 Å². The minimum atomic E-state index is -3.96. The summed E-state index contributed by atoms with van der Waals surface area (Å²) in [6, 6.07) is 0. The summed E-state index contributed by atoms with van der Waals surface area (Å²) < 4.78 is 10.4. The predicted molar refractivity (Wildman–Crippen MR) is 45.9 cm³/mol. The molecule has 0 bridgehead atoms. The van der Waals surface area contributed by atoms with E-state index in [1.54, 1.807) is 0 Å². The number of carbonyl (C=O) groups excluding carboxylic acids is 1. The third-order valence-electron chi connectivity index (χ3n) is 1.38. The number of carbonyl (C=O) groups is 1. The smallest absolute Gasteiger partial charge is 0.324 e. The molecule has 0 spiro atoms. The first-order valence-electron chi connectivity index (χ1n) is 3.73. The van der Waals surface area contributed by atoms with Gasteiger partial charge in [-0.2, -0.15) is 0 Å². The fourth-order valence-corrected chi connectivity index (χ4v) is 1.35. The van der Waals surface area contributed by atoms with Crippen LogP contribution in [0, 0.1) is 0 Å². The van der Waals surface area contributed by atoms with E-state index in [4.69, 9.17) is 9.79 Å². The Morgan fingerprint density at radius 3 is 2.38 bits per heavy atom. The van der Waals surface area contributed by atoms with Crippen LogP contribution in [0.25, 0.3) is 0 Å². The second-order valence-electron chi connectivity index (χ2n) is 2.55. The van der Waals surface area contributed by atoms with Crippen molar-refractivity contribution in [1.29, 1.82) is 0 Å². The molecule has 0 aromatic rings. The molecule has 1 amide bonds. The summed E-state index contributed by atoms with van der Waals surface area (Å²) in [7, 11) is -2.62. The summed E-state index contributed by atoms with van der Waals surface area (Å²) in [4.78, 5) is 32.4. The lowest BCUT2D eigenvalue weighted by Gasteiger charge is -2.17. The number of amides is 1. The number of rotatable bonds is 5. The van der Waals surface area contributed by atoms with Gasteiger partial charge in [0.15, 0.2) is 0 Å². The van der Waals surface area contributed by atoms with E-state index >= 15 is 0 Å². The second-order valence-corrected chi connectivity index (χ2v) is 4.32. The molecular weight excluding hydrogens is 197 g/mol. The van der Waals surface area contributed by atoms with Crippen LogP contribution < -0.4 is 0 Å². The highest BCUT2D eigenvalue weighted by atomic mass is 31.2. The summed E-state index contributed by atoms with van der Waals surface area (Å²) >= 11 is 0. The minimum absolute atomic E-state index is 0.191. The van der Waals surface area contributed by atoms with Gasteiger partial charge in [0.05, 0.1) is 13.3 Å².